The van der Waals surface area contributed by atoms with Gasteiger partial charge in [-0.3, -0.25) is 4.79 Å². The number of rotatable bonds is 10. The molecule has 0 unspecified atom stereocenters. The van der Waals surface area contributed by atoms with Crippen LogP contribution in [0, 0.1) is 12.7 Å². The van der Waals surface area contributed by atoms with Crippen molar-refractivity contribution in [2.45, 2.75) is 38.5 Å². The number of thiazole rings is 1. The highest BCUT2D eigenvalue weighted by Gasteiger charge is 2.25. The van der Waals surface area contributed by atoms with E-state index >= 15 is 0 Å². The molecule has 198 valence electrons. The molecule has 0 aliphatic rings. The Kier molecular flexibility index (Phi) is 8.65. The van der Waals surface area contributed by atoms with Gasteiger partial charge in [-0.1, -0.05) is 43.4 Å². The summed E-state index contributed by atoms with van der Waals surface area (Å²) in [7, 11) is -3.67. The number of nitrogens with zero attached hydrogens (tertiary/aromatic N) is 4. The molecule has 1 heterocycles. The number of sulfonamides is 1. The molecular weight excluding hydrogens is 523 g/mol. The number of benzene rings is 3. The van der Waals surface area contributed by atoms with Crippen LogP contribution in [0.25, 0.3) is 10.2 Å². The molecule has 10 heteroatoms. The van der Waals surface area contributed by atoms with Crippen LogP contribution in [0.15, 0.2) is 76.7 Å². The van der Waals surface area contributed by atoms with Crippen LogP contribution in [0.2, 0.25) is 0 Å². The monoisotopic (exact) mass is 552 g/mol. The van der Waals surface area contributed by atoms with Crippen LogP contribution >= 0.6 is 11.3 Å². The summed E-state index contributed by atoms with van der Waals surface area (Å²) in [6, 6.07) is 17.4. The van der Waals surface area contributed by atoms with E-state index in [-0.39, 0.29) is 16.3 Å². The number of aryl methyl sites for hydroxylation is 1. The summed E-state index contributed by atoms with van der Waals surface area (Å²) in [5.41, 5.74) is 2.67. The maximum atomic E-state index is 13.6. The van der Waals surface area contributed by atoms with Crippen LogP contribution < -0.4 is 5.01 Å². The van der Waals surface area contributed by atoms with Crippen LogP contribution in [0.3, 0.4) is 0 Å². The van der Waals surface area contributed by atoms with Crippen LogP contribution in [0.1, 0.15) is 48.2 Å². The molecule has 0 saturated heterocycles. The minimum Gasteiger partial charge on any atom is -0.267 e. The zero-order chi connectivity index (χ0) is 27.3. The molecule has 1 aromatic heterocycles. The molecule has 3 aromatic carbocycles. The molecule has 0 saturated carbocycles. The lowest BCUT2D eigenvalue weighted by Crippen LogP contribution is -2.32. The van der Waals surface area contributed by atoms with Gasteiger partial charge < -0.3 is 0 Å². The molecule has 7 nitrogen and oxygen atoms in total. The molecule has 0 spiro atoms. The summed E-state index contributed by atoms with van der Waals surface area (Å²) < 4.78 is 42.0. The van der Waals surface area contributed by atoms with Gasteiger partial charge in [0.05, 0.1) is 21.3 Å². The summed E-state index contributed by atoms with van der Waals surface area (Å²) in [6.07, 6.45) is 2.87. The fraction of sp³-hybridized carbons (Fsp3) is 0.250. The second kappa shape index (κ2) is 11.9. The Morgan fingerprint density at radius 3 is 2.29 bits per heavy atom. The number of anilines is 1. The number of aromatic nitrogens is 1. The quantitative estimate of drug-likeness (QED) is 0.172. The average molecular weight is 553 g/mol. The number of carbonyl (C=O) groups excluding carboxylic acids is 1. The van der Waals surface area contributed by atoms with Gasteiger partial charge in [-0.2, -0.15) is 14.4 Å². The van der Waals surface area contributed by atoms with Crippen molar-refractivity contribution in [2.75, 3.05) is 18.1 Å². The Balaban J connectivity index is 1.69. The minimum atomic E-state index is -3.67. The van der Waals surface area contributed by atoms with Crippen molar-refractivity contribution in [1.29, 1.82) is 0 Å². The van der Waals surface area contributed by atoms with Gasteiger partial charge in [-0.25, -0.2) is 17.8 Å². The Hall–Kier alpha value is -3.47. The number of hydrogen-bond acceptors (Lipinski definition) is 6. The smallest absolute Gasteiger partial charge is 0.267 e. The summed E-state index contributed by atoms with van der Waals surface area (Å²) in [4.78, 5) is 18.4. The van der Waals surface area contributed by atoms with Crippen molar-refractivity contribution in [3.05, 3.63) is 89.2 Å². The number of amides is 1. The number of carbonyl (C=O) groups is 1. The summed E-state index contributed by atoms with van der Waals surface area (Å²) in [6.45, 7) is 6.71. The van der Waals surface area contributed by atoms with Gasteiger partial charge >= 0.3 is 0 Å². The van der Waals surface area contributed by atoms with Gasteiger partial charge in [-0.05, 0) is 79.4 Å². The van der Waals surface area contributed by atoms with Crippen molar-refractivity contribution in [3.8, 4) is 0 Å². The highest BCUT2D eigenvalue weighted by molar-refractivity contribution is 7.89. The number of hydrogen-bond donors (Lipinski definition) is 0. The third-order valence-electron chi connectivity index (χ3n) is 5.78. The maximum Gasteiger partial charge on any atom is 0.280 e. The molecule has 4 aromatic rings. The van der Waals surface area contributed by atoms with E-state index in [1.54, 1.807) is 12.1 Å². The Morgan fingerprint density at radius 2 is 1.66 bits per heavy atom. The molecular formula is C28H29FN4O3S2. The van der Waals surface area contributed by atoms with Crippen LogP contribution in [0.4, 0.5) is 9.52 Å². The molecule has 0 bridgehead atoms. The van der Waals surface area contributed by atoms with E-state index in [1.165, 1.54) is 63.3 Å². The summed E-state index contributed by atoms with van der Waals surface area (Å²) >= 11 is 1.32. The van der Waals surface area contributed by atoms with E-state index in [9.17, 15) is 17.6 Å². The molecule has 4 rings (SSSR count). The fourth-order valence-corrected chi connectivity index (χ4v) is 6.51. The molecule has 0 aliphatic heterocycles. The molecule has 1 amide bonds. The normalized spacial score (nSPS) is 12.0. The third kappa shape index (κ3) is 6.15. The highest BCUT2D eigenvalue weighted by Crippen LogP contribution is 2.31. The third-order valence-corrected chi connectivity index (χ3v) is 8.69. The molecule has 38 heavy (non-hydrogen) atoms. The molecule has 0 N–H and O–H groups in total. The number of halogens is 1. The predicted octanol–water partition coefficient (Wildman–Crippen LogP) is 6.24. The first-order valence-corrected chi connectivity index (χ1v) is 14.6. The van der Waals surface area contributed by atoms with Crippen molar-refractivity contribution >= 4 is 48.8 Å². The Morgan fingerprint density at radius 1 is 1.00 bits per heavy atom. The van der Waals surface area contributed by atoms with Crippen LogP contribution in [-0.2, 0) is 10.0 Å². The summed E-state index contributed by atoms with van der Waals surface area (Å²) in [5.74, 6) is -0.842. The molecule has 0 fully saturated rings. The molecule has 0 aliphatic carbocycles. The number of hydrazone groups is 1. The zero-order valence-corrected chi connectivity index (χ0v) is 23.1. The van der Waals surface area contributed by atoms with Crippen LogP contribution in [0.5, 0.6) is 0 Å². The molecule has 0 atom stereocenters. The van der Waals surface area contributed by atoms with E-state index in [0.29, 0.717) is 36.6 Å². The lowest BCUT2D eigenvalue weighted by Gasteiger charge is -2.21. The Labute approximate surface area is 226 Å². The highest BCUT2D eigenvalue weighted by atomic mass is 32.2. The summed E-state index contributed by atoms with van der Waals surface area (Å²) in [5, 5.41) is 5.95. The zero-order valence-electron chi connectivity index (χ0n) is 21.5. The second-order valence-corrected chi connectivity index (χ2v) is 11.8. The first kappa shape index (κ1) is 27.6. The van der Waals surface area contributed by atoms with E-state index in [0.717, 1.165) is 15.8 Å². The topological polar surface area (TPSA) is 82.9 Å². The van der Waals surface area contributed by atoms with Crippen LogP contribution in [-0.4, -0.2) is 42.9 Å². The van der Waals surface area contributed by atoms with Crippen molar-refractivity contribution < 1.29 is 17.6 Å². The maximum absolute atomic E-state index is 13.6. The van der Waals surface area contributed by atoms with Gasteiger partial charge in [0.2, 0.25) is 15.2 Å². The van der Waals surface area contributed by atoms with E-state index in [4.69, 9.17) is 0 Å². The molecule has 0 radical (unpaired) electrons. The minimum absolute atomic E-state index is 0.132. The standard InChI is InChI=1S/C28H29FN4O3S2/c1-4-16-32(17-5-2)38(35,36)24-13-9-22(10-14-24)27(34)33(30-19-21-7-11-23(29)12-8-21)28-31-25-15-6-20(3)18-26(25)37-28/h6-15,18-19H,4-5,16-17H2,1-3H3/b30-19+. The van der Waals surface area contributed by atoms with Gasteiger partial charge in [0.1, 0.15) is 5.82 Å². The lowest BCUT2D eigenvalue weighted by atomic mass is 10.2. The largest absolute Gasteiger partial charge is 0.280 e. The van der Waals surface area contributed by atoms with Crippen molar-refractivity contribution in [1.82, 2.24) is 9.29 Å². The van der Waals surface area contributed by atoms with Crippen molar-refractivity contribution in [2.24, 2.45) is 5.10 Å². The second-order valence-electron chi connectivity index (χ2n) is 8.81. The lowest BCUT2D eigenvalue weighted by molar-refractivity contribution is 0.0987. The SMILES string of the molecule is CCCN(CCC)S(=O)(=O)c1ccc(C(=O)N(/N=C/c2ccc(F)cc2)c2nc3ccc(C)cc3s2)cc1. The average Bonchev–Trinajstić information content (AvgIpc) is 3.32. The Bertz CT molecular complexity index is 1540. The van der Waals surface area contributed by atoms with Gasteiger partial charge in [-0.15, -0.1) is 0 Å². The first-order chi connectivity index (χ1) is 18.2. The predicted molar refractivity (Wildman–Crippen MR) is 151 cm³/mol. The fourth-order valence-electron chi connectivity index (χ4n) is 3.86. The van der Waals surface area contributed by atoms with E-state index < -0.39 is 15.9 Å². The van der Waals surface area contributed by atoms with E-state index in [2.05, 4.69) is 10.1 Å². The number of fused-ring (bicyclic) bond motifs is 1. The van der Waals surface area contributed by atoms with E-state index in [1.807, 2.05) is 39.0 Å². The van der Waals surface area contributed by atoms with Gasteiger partial charge in [0.25, 0.3) is 5.91 Å². The van der Waals surface area contributed by atoms with Gasteiger partial charge in [0.15, 0.2) is 0 Å². The first-order valence-electron chi connectivity index (χ1n) is 12.3. The van der Waals surface area contributed by atoms with Gasteiger partial charge in [0, 0.05) is 18.7 Å². The van der Waals surface area contributed by atoms with Crippen molar-refractivity contribution in [3.63, 3.8) is 0 Å².